The van der Waals surface area contributed by atoms with Gasteiger partial charge in [0.2, 0.25) is 0 Å². The van der Waals surface area contributed by atoms with Crippen LogP contribution in [0.2, 0.25) is 0 Å². The second-order valence-electron chi connectivity index (χ2n) is 5.22. The van der Waals surface area contributed by atoms with Crippen molar-refractivity contribution in [3.05, 3.63) is 28.2 Å². The highest BCUT2D eigenvalue weighted by atomic mass is 79.9. The smallest absolute Gasteiger partial charge is 0.0512 e. The summed E-state index contributed by atoms with van der Waals surface area (Å²) in [4.78, 5) is 2.31. The lowest BCUT2D eigenvalue weighted by Gasteiger charge is -2.37. The molecule has 1 unspecified atom stereocenters. The lowest BCUT2D eigenvalue weighted by molar-refractivity contribution is 0.470. The number of halogens is 1. The van der Waals surface area contributed by atoms with Crippen LogP contribution in [0.4, 0.5) is 5.69 Å². The minimum atomic E-state index is 0.0739. The van der Waals surface area contributed by atoms with Crippen LogP contribution in [0, 0.1) is 0 Å². The number of nitrogens with two attached hydrogens (primary N) is 1. The van der Waals surface area contributed by atoms with Gasteiger partial charge in [0, 0.05) is 23.1 Å². The van der Waals surface area contributed by atoms with Gasteiger partial charge in [0.1, 0.15) is 0 Å². The van der Waals surface area contributed by atoms with Gasteiger partial charge in [-0.15, -0.1) is 0 Å². The van der Waals surface area contributed by atoms with Crippen molar-refractivity contribution >= 4 is 21.6 Å². The molecule has 0 fully saturated rings. The Kier molecular flexibility index (Phi) is 4.62. The van der Waals surface area contributed by atoms with E-state index in [0.717, 1.165) is 16.5 Å². The molecule has 3 heteroatoms. The summed E-state index contributed by atoms with van der Waals surface area (Å²) >= 11 is 3.64. The first-order chi connectivity index (χ1) is 7.79. The van der Waals surface area contributed by atoms with E-state index in [-0.39, 0.29) is 11.6 Å². The maximum absolute atomic E-state index is 5.89. The van der Waals surface area contributed by atoms with Gasteiger partial charge in [0.25, 0.3) is 0 Å². The van der Waals surface area contributed by atoms with Gasteiger partial charge >= 0.3 is 0 Å². The molecule has 1 aromatic rings. The predicted octanol–water partition coefficient (Wildman–Crippen LogP) is 4.09. The van der Waals surface area contributed by atoms with Gasteiger partial charge in [-0.1, -0.05) is 13.0 Å². The van der Waals surface area contributed by atoms with Crippen molar-refractivity contribution in [1.29, 1.82) is 0 Å². The zero-order chi connectivity index (χ0) is 13.2. The maximum atomic E-state index is 5.89. The van der Waals surface area contributed by atoms with Crippen molar-refractivity contribution in [2.75, 3.05) is 11.9 Å². The van der Waals surface area contributed by atoms with Gasteiger partial charge < -0.3 is 10.6 Å². The molecule has 0 aliphatic rings. The van der Waals surface area contributed by atoms with Crippen LogP contribution in [0.25, 0.3) is 0 Å². The van der Waals surface area contributed by atoms with Crippen molar-refractivity contribution in [3.8, 4) is 0 Å². The number of anilines is 1. The SMILES string of the molecule is CCC(C)(C)N(C)c1ccc(C(C)N)cc1Br. The van der Waals surface area contributed by atoms with Crippen LogP contribution in [-0.2, 0) is 0 Å². The highest BCUT2D eigenvalue weighted by molar-refractivity contribution is 9.10. The molecule has 0 heterocycles. The molecular weight excluding hydrogens is 276 g/mol. The zero-order valence-electron chi connectivity index (χ0n) is 11.4. The van der Waals surface area contributed by atoms with Gasteiger partial charge in [-0.05, 0) is 60.8 Å². The Labute approximate surface area is 113 Å². The van der Waals surface area contributed by atoms with Crippen LogP contribution >= 0.6 is 15.9 Å². The quantitative estimate of drug-likeness (QED) is 0.907. The Morgan fingerprint density at radius 3 is 2.41 bits per heavy atom. The normalized spacial score (nSPS) is 13.6. The van der Waals surface area contributed by atoms with E-state index in [4.69, 9.17) is 5.73 Å². The molecule has 0 bridgehead atoms. The highest BCUT2D eigenvalue weighted by Gasteiger charge is 2.23. The molecule has 0 aromatic heterocycles. The molecule has 1 rings (SSSR count). The Bertz CT molecular complexity index is 386. The van der Waals surface area contributed by atoms with Gasteiger partial charge in [0.05, 0.1) is 5.69 Å². The van der Waals surface area contributed by atoms with E-state index in [9.17, 15) is 0 Å². The molecule has 0 saturated carbocycles. The number of nitrogens with zero attached hydrogens (tertiary/aromatic N) is 1. The average molecular weight is 299 g/mol. The van der Waals surface area contributed by atoms with Gasteiger partial charge in [0.15, 0.2) is 0 Å². The summed E-state index contributed by atoms with van der Waals surface area (Å²) in [5.41, 5.74) is 8.40. The lowest BCUT2D eigenvalue weighted by atomic mass is 9.98. The molecular formula is C14H23BrN2. The second kappa shape index (κ2) is 5.40. The van der Waals surface area contributed by atoms with E-state index in [2.05, 4.69) is 66.8 Å². The molecule has 96 valence electrons. The number of benzene rings is 1. The average Bonchev–Trinajstić information content (AvgIpc) is 2.27. The Morgan fingerprint density at radius 2 is 2.00 bits per heavy atom. The molecule has 1 aromatic carbocycles. The number of hydrogen-bond donors (Lipinski definition) is 1. The van der Waals surface area contributed by atoms with Crippen LogP contribution < -0.4 is 10.6 Å². The van der Waals surface area contributed by atoms with E-state index in [0.29, 0.717) is 0 Å². The zero-order valence-corrected chi connectivity index (χ0v) is 13.0. The van der Waals surface area contributed by atoms with E-state index in [1.54, 1.807) is 0 Å². The van der Waals surface area contributed by atoms with Crippen molar-refractivity contribution in [1.82, 2.24) is 0 Å². The summed E-state index contributed by atoms with van der Waals surface area (Å²) in [6.07, 6.45) is 1.10. The predicted molar refractivity (Wildman–Crippen MR) is 79.5 cm³/mol. The summed E-state index contributed by atoms with van der Waals surface area (Å²) in [5.74, 6) is 0. The van der Waals surface area contributed by atoms with Crippen molar-refractivity contribution in [3.63, 3.8) is 0 Å². The van der Waals surface area contributed by atoms with Crippen molar-refractivity contribution in [2.24, 2.45) is 5.73 Å². The second-order valence-corrected chi connectivity index (χ2v) is 6.08. The minimum absolute atomic E-state index is 0.0739. The lowest BCUT2D eigenvalue weighted by Crippen LogP contribution is -2.40. The molecule has 0 spiro atoms. The van der Waals surface area contributed by atoms with Crippen molar-refractivity contribution in [2.45, 2.75) is 45.7 Å². The number of rotatable bonds is 4. The van der Waals surface area contributed by atoms with Gasteiger partial charge in [-0.3, -0.25) is 0 Å². The molecule has 0 aliphatic heterocycles. The standard InChI is InChI=1S/C14H23BrN2/c1-6-14(3,4)17(5)13-8-7-11(10(2)16)9-12(13)15/h7-10H,6,16H2,1-5H3. The fourth-order valence-corrected chi connectivity index (χ4v) is 2.30. The third-order valence-electron chi connectivity index (χ3n) is 3.63. The van der Waals surface area contributed by atoms with Crippen molar-refractivity contribution < 1.29 is 0 Å². The van der Waals surface area contributed by atoms with Crippen LogP contribution in [0.3, 0.4) is 0 Å². The molecule has 17 heavy (non-hydrogen) atoms. The monoisotopic (exact) mass is 298 g/mol. The number of hydrogen-bond acceptors (Lipinski definition) is 2. The summed E-state index contributed by atoms with van der Waals surface area (Å²) < 4.78 is 1.11. The highest BCUT2D eigenvalue weighted by Crippen LogP contribution is 2.33. The first-order valence-electron chi connectivity index (χ1n) is 6.08. The van der Waals surface area contributed by atoms with Gasteiger partial charge in [-0.2, -0.15) is 0 Å². The van der Waals surface area contributed by atoms with Crippen LogP contribution in [-0.4, -0.2) is 12.6 Å². The largest absolute Gasteiger partial charge is 0.369 e. The Hall–Kier alpha value is -0.540. The maximum Gasteiger partial charge on any atom is 0.0512 e. The molecule has 1 atom stereocenters. The van der Waals surface area contributed by atoms with Crippen LogP contribution in [0.15, 0.2) is 22.7 Å². The summed E-state index contributed by atoms with van der Waals surface area (Å²) in [5, 5.41) is 0. The molecule has 0 amide bonds. The molecule has 0 radical (unpaired) electrons. The van der Waals surface area contributed by atoms with Crippen LogP contribution in [0.1, 0.15) is 45.7 Å². The van der Waals surface area contributed by atoms with Gasteiger partial charge in [-0.25, -0.2) is 0 Å². The summed E-state index contributed by atoms with van der Waals surface area (Å²) in [7, 11) is 2.13. The third kappa shape index (κ3) is 3.23. The summed E-state index contributed by atoms with van der Waals surface area (Å²) in [6.45, 7) is 8.71. The fraction of sp³-hybridized carbons (Fsp3) is 0.571. The van der Waals surface area contributed by atoms with E-state index >= 15 is 0 Å². The summed E-state index contributed by atoms with van der Waals surface area (Å²) in [6, 6.07) is 6.43. The van der Waals surface area contributed by atoms with E-state index in [1.807, 2.05) is 6.92 Å². The van der Waals surface area contributed by atoms with E-state index < -0.39 is 0 Å². The molecule has 2 N–H and O–H groups in total. The Morgan fingerprint density at radius 1 is 1.41 bits per heavy atom. The fourth-order valence-electron chi connectivity index (χ4n) is 1.64. The van der Waals surface area contributed by atoms with E-state index in [1.165, 1.54) is 5.69 Å². The first-order valence-corrected chi connectivity index (χ1v) is 6.87. The van der Waals surface area contributed by atoms with Crippen LogP contribution in [0.5, 0.6) is 0 Å². The minimum Gasteiger partial charge on any atom is -0.369 e. The first kappa shape index (κ1) is 14.5. The third-order valence-corrected chi connectivity index (χ3v) is 4.27. The topological polar surface area (TPSA) is 29.3 Å². The molecule has 0 saturated heterocycles. The molecule has 0 aliphatic carbocycles. The Balaban J connectivity index is 3.08. The molecule has 2 nitrogen and oxygen atoms in total.